The summed E-state index contributed by atoms with van der Waals surface area (Å²) in [5, 5.41) is 3.25. The summed E-state index contributed by atoms with van der Waals surface area (Å²) >= 11 is 15.1. The first-order valence-electron chi connectivity index (χ1n) is 8.83. The van der Waals surface area contributed by atoms with E-state index in [1.807, 2.05) is 0 Å². The standard InChI is InChI=1S/C19H18BrCl2FN2O3S/c20-14-4-6-18(17(23)8-14)24-19(26)12-2-1-7-25(10-12)29(27,28)11-13-3-5-15(21)9-16(13)22/h3-6,8-9,12H,1-2,7,10-11H2,(H,24,26)/t12-/m0/s1. The van der Waals surface area contributed by atoms with Gasteiger partial charge >= 0.3 is 0 Å². The maximum atomic E-state index is 14.0. The van der Waals surface area contributed by atoms with Gasteiger partial charge in [-0.05, 0) is 48.7 Å². The molecule has 0 radical (unpaired) electrons. The van der Waals surface area contributed by atoms with Gasteiger partial charge in [0.25, 0.3) is 0 Å². The van der Waals surface area contributed by atoms with Crippen LogP contribution in [0.2, 0.25) is 10.0 Å². The number of benzene rings is 2. The van der Waals surface area contributed by atoms with Gasteiger partial charge in [0.05, 0.1) is 17.4 Å². The molecule has 29 heavy (non-hydrogen) atoms. The van der Waals surface area contributed by atoms with Crippen LogP contribution < -0.4 is 5.32 Å². The summed E-state index contributed by atoms with van der Waals surface area (Å²) in [6.07, 6.45) is 1.06. The zero-order chi connectivity index (χ0) is 21.2. The van der Waals surface area contributed by atoms with Gasteiger partial charge in [-0.25, -0.2) is 17.1 Å². The minimum atomic E-state index is -3.68. The molecule has 1 atom stereocenters. The van der Waals surface area contributed by atoms with Gasteiger partial charge in [0.2, 0.25) is 15.9 Å². The van der Waals surface area contributed by atoms with Crippen LogP contribution in [0.3, 0.4) is 0 Å². The predicted molar refractivity (Wildman–Crippen MR) is 116 cm³/mol. The number of carbonyl (C=O) groups excluding carboxylic acids is 1. The summed E-state index contributed by atoms with van der Waals surface area (Å²) in [5.41, 5.74) is 0.505. The average Bonchev–Trinajstić information content (AvgIpc) is 2.66. The highest BCUT2D eigenvalue weighted by molar-refractivity contribution is 9.10. The topological polar surface area (TPSA) is 66.5 Å². The summed E-state index contributed by atoms with van der Waals surface area (Å²) in [6, 6.07) is 8.98. The second-order valence-corrected chi connectivity index (χ2v) is 10.5. The van der Waals surface area contributed by atoms with Crippen LogP contribution in [0, 0.1) is 11.7 Å². The van der Waals surface area contributed by atoms with Crippen molar-refractivity contribution in [1.29, 1.82) is 0 Å². The van der Waals surface area contributed by atoms with Crippen molar-refractivity contribution in [2.45, 2.75) is 18.6 Å². The summed E-state index contributed by atoms with van der Waals surface area (Å²) in [4.78, 5) is 12.6. The van der Waals surface area contributed by atoms with Crippen LogP contribution in [0.4, 0.5) is 10.1 Å². The van der Waals surface area contributed by atoms with Gasteiger partial charge in [-0.1, -0.05) is 45.2 Å². The lowest BCUT2D eigenvalue weighted by Crippen LogP contribution is -2.44. The molecule has 0 aliphatic carbocycles. The third kappa shape index (κ3) is 5.70. The number of carbonyl (C=O) groups is 1. The van der Waals surface area contributed by atoms with Crippen LogP contribution in [-0.4, -0.2) is 31.7 Å². The molecule has 1 aliphatic rings. The minimum absolute atomic E-state index is 0.0392. The van der Waals surface area contributed by atoms with Gasteiger partial charge in [0, 0.05) is 27.6 Å². The molecule has 0 saturated carbocycles. The maximum Gasteiger partial charge on any atom is 0.228 e. The van der Waals surface area contributed by atoms with E-state index in [0.717, 1.165) is 0 Å². The van der Waals surface area contributed by atoms with Gasteiger partial charge in [0.15, 0.2) is 0 Å². The second kappa shape index (κ2) is 9.31. The van der Waals surface area contributed by atoms with Gasteiger partial charge in [0.1, 0.15) is 5.82 Å². The minimum Gasteiger partial charge on any atom is -0.323 e. The molecule has 1 amide bonds. The largest absolute Gasteiger partial charge is 0.323 e. The Hall–Kier alpha value is -1.19. The molecule has 1 heterocycles. The zero-order valence-electron chi connectivity index (χ0n) is 15.2. The lowest BCUT2D eigenvalue weighted by atomic mass is 9.98. The molecule has 1 fully saturated rings. The number of anilines is 1. The molecule has 2 aromatic carbocycles. The average molecular weight is 524 g/mol. The van der Waals surface area contributed by atoms with Gasteiger partial charge in [-0.2, -0.15) is 0 Å². The number of piperidine rings is 1. The Labute approximate surface area is 187 Å². The van der Waals surface area contributed by atoms with Gasteiger partial charge in [-0.3, -0.25) is 4.79 Å². The number of nitrogens with zero attached hydrogens (tertiary/aromatic N) is 1. The van der Waals surface area contributed by atoms with Crippen LogP contribution in [0.15, 0.2) is 40.9 Å². The van der Waals surface area contributed by atoms with E-state index in [1.54, 1.807) is 18.2 Å². The second-order valence-electron chi connectivity index (χ2n) is 6.80. The molecule has 0 aromatic heterocycles. The van der Waals surface area contributed by atoms with E-state index in [4.69, 9.17) is 23.2 Å². The van der Waals surface area contributed by atoms with Crippen LogP contribution >= 0.6 is 39.1 Å². The van der Waals surface area contributed by atoms with Crippen molar-refractivity contribution in [1.82, 2.24) is 4.31 Å². The molecule has 1 saturated heterocycles. The quantitative estimate of drug-likeness (QED) is 0.594. The van der Waals surface area contributed by atoms with Crippen molar-refractivity contribution in [2.75, 3.05) is 18.4 Å². The summed E-state index contributed by atoms with van der Waals surface area (Å²) in [7, 11) is -3.68. The number of hydrogen-bond donors (Lipinski definition) is 1. The monoisotopic (exact) mass is 522 g/mol. The molecule has 2 aromatic rings. The molecule has 0 bridgehead atoms. The number of hydrogen-bond acceptors (Lipinski definition) is 3. The molecular formula is C19H18BrCl2FN2O3S. The predicted octanol–water partition coefficient (Wildman–Crippen LogP) is 5.08. The van der Waals surface area contributed by atoms with E-state index in [2.05, 4.69) is 21.2 Å². The van der Waals surface area contributed by atoms with E-state index in [0.29, 0.717) is 34.4 Å². The van der Waals surface area contributed by atoms with Gasteiger partial charge in [-0.15, -0.1) is 0 Å². The van der Waals surface area contributed by atoms with Gasteiger partial charge < -0.3 is 5.32 Å². The smallest absolute Gasteiger partial charge is 0.228 e. The molecule has 1 aliphatic heterocycles. The molecule has 5 nitrogen and oxygen atoms in total. The lowest BCUT2D eigenvalue weighted by Gasteiger charge is -2.31. The Morgan fingerprint density at radius 3 is 2.69 bits per heavy atom. The number of sulfonamides is 1. The number of nitrogens with one attached hydrogen (secondary N) is 1. The number of amides is 1. The van der Waals surface area contributed by atoms with Crippen molar-refractivity contribution < 1.29 is 17.6 Å². The maximum absolute atomic E-state index is 14.0. The van der Waals surface area contributed by atoms with Crippen LogP contribution in [0.25, 0.3) is 0 Å². The molecule has 1 N–H and O–H groups in total. The highest BCUT2D eigenvalue weighted by Gasteiger charge is 2.33. The first-order chi connectivity index (χ1) is 13.7. The molecule has 3 rings (SSSR count). The lowest BCUT2D eigenvalue weighted by molar-refractivity contribution is -0.120. The molecule has 0 unspecified atom stereocenters. The van der Waals surface area contributed by atoms with Crippen LogP contribution in [0.1, 0.15) is 18.4 Å². The van der Waals surface area contributed by atoms with E-state index in [1.165, 1.54) is 22.5 Å². The van der Waals surface area contributed by atoms with Crippen molar-refractivity contribution >= 4 is 60.7 Å². The first-order valence-corrected chi connectivity index (χ1v) is 12.0. The first kappa shape index (κ1) is 22.5. The fourth-order valence-corrected chi connectivity index (χ4v) is 5.69. The Balaban J connectivity index is 1.69. The fourth-order valence-electron chi connectivity index (χ4n) is 3.16. The highest BCUT2D eigenvalue weighted by atomic mass is 79.9. The zero-order valence-corrected chi connectivity index (χ0v) is 19.1. The SMILES string of the molecule is O=C(Nc1ccc(Br)cc1F)[C@H]1CCCN(S(=O)(=O)Cc2ccc(Cl)cc2Cl)C1. The Bertz CT molecular complexity index is 1040. The normalized spacial score (nSPS) is 17.9. The van der Waals surface area contributed by atoms with E-state index >= 15 is 0 Å². The third-order valence-electron chi connectivity index (χ3n) is 4.69. The number of halogens is 4. The van der Waals surface area contributed by atoms with Crippen LogP contribution in [0.5, 0.6) is 0 Å². The van der Waals surface area contributed by atoms with Crippen molar-refractivity contribution in [3.05, 3.63) is 62.3 Å². The van der Waals surface area contributed by atoms with Crippen molar-refractivity contribution in [3.63, 3.8) is 0 Å². The van der Waals surface area contributed by atoms with E-state index in [-0.39, 0.29) is 23.0 Å². The molecular weight excluding hydrogens is 506 g/mol. The Morgan fingerprint density at radius 2 is 2.00 bits per heavy atom. The van der Waals surface area contributed by atoms with E-state index < -0.39 is 27.7 Å². The summed E-state index contributed by atoms with van der Waals surface area (Å²) in [5.74, 6) is -1.82. The molecule has 10 heteroatoms. The van der Waals surface area contributed by atoms with Crippen LogP contribution in [-0.2, 0) is 20.6 Å². The molecule has 0 spiro atoms. The number of rotatable bonds is 5. The fraction of sp³-hybridized carbons (Fsp3) is 0.316. The van der Waals surface area contributed by atoms with Crippen molar-refractivity contribution in [2.24, 2.45) is 5.92 Å². The third-order valence-corrected chi connectivity index (χ3v) is 7.56. The Morgan fingerprint density at radius 1 is 1.24 bits per heavy atom. The molecule has 156 valence electrons. The van der Waals surface area contributed by atoms with Crippen molar-refractivity contribution in [3.8, 4) is 0 Å². The summed E-state index contributed by atoms with van der Waals surface area (Å²) in [6.45, 7) is 0.363. The Kier molecular flexibility index (Phi) is 7.22. The van der Waals surface area contributed by atoms with E-state index in [9.17, 15) is 17.6 Å². The summed E-state index contributed by atoms with van der Waals surface area (Å²) < 4.78 is 41.5. The highest BCUT2D eigenvalue weighted by Crippen LogP contribution is 2.27.